The first-order valence-corrected chi connectivity index (χ1v) is 6.58. The number of hydrogen-bond donors (Lipinski definition) is 2. The van der Waals surface area contributed by atoms with Crippen molar-refractivity contribution in [1.82, 2.24) is 15.5 Å². The highest BCUT2D eigenvalue weighted by molar-refractivity contribution is 4.96. The van der Waals surface area contributed by atoms with Crippen molar-refractivity contribution in [2.75, 3.05) is 6.54 Å². The molecule has 17 heavy (non-hydrogen) atoms. The predicted octanol–water partition coefficient (Wildman–Crippen LogP) is 3.21. The number of aromatic nitrogens is 2. The Hall–Kier alpha value is -0.830. The van der Waals surface area contributed by atoms with Crippen LogP contribution in [0.1, 0.15) is 46.7 Å². The quantitative estimate of drug-likeness (QED) is 0.797. The van der Waals surface area contributed by atoms with Gasteiger partial charge in [0.15, 0.2) is 0 Å². The monoisotopic (exact) mass is 237 g/mol. The van der Waals surface area contributed by atoms with Gasteiger partial charge < -0.3 is 5.32 Å². The van der Waals surface area contributed by atoms with E-state index in [4.69, 9.17) is 0 Å². The standard InChI is InChI=1S/C14H27N3/c1-11(2)8-12(14(3,4)5)9-15-10-13-6-7-16-17-13/h6-7,11-12,15H,8-10H2,1-5H3,(H,16,17). The molecule has 3 nitrogen and oxygen atoms in total. The van der Waals surface area contributed by atoms with Crippen molar-refractivity contribution in [2.24, 2.45) is 17.3 Å². The minimum atomic E-state index is 0.366. The first-order chi connectivity index (χ1) is 7.89. The van der Waals surface area contributed by atoms with Crippen molar-refractivity contribution in [3.63, 3.8) is 0 Å². The van der Waals surface area contributed by atoms with Crippen LogP contribution in [-0.4, -0.2) is 16.7 Å². The van der Waals surface area contributed by atoms with E-state index in [0.717, 1.165) is 24.7 Å². The highest BCUT2D eigenvalue weighted by atomic mass is 15.1. The average Bonchev–Trinajstić information content (AvgIpc) is 2.67. The summed E-state index contributed by atoms with van der Waals surface area (Å²) < 4.78 is 0. The van der Waals surface area contributed by atoms with Gasteiger partial charge in [0, 0.05) is 18.4 Å². The van der Waals surface area contributed by atoms with Gasteiger partial charge in [0.25, 0.3) is 0 Å². The Labute approximate surface area is 105 Å². The lowest BCUT2D eigenvalue weighted by Gasteiger charge is -2.32. The Morgan fingerprint density at radius 1 is 1.35 bits per heavy atom. The third-order valence-electron chi connectivity index (χ3n) is 3.25. The van der Waals surface area contributed by atoms with Gasteiger partial charge in [-0.2, -0.15) is 5.10 Å². The largest absolute Gasteiger partial charge is 0.311 e. The molecule has 2 N–H and O–H groups in total. The summed E-state index contributed by atoms with van der Waals surface area (Å²) in [4.78, 5) is 0. The highest BCUT2D eigenvalue weighted by Gasteiger charge is 2.24. The third-order valence-corrected chi connectivity index (χ3v) is 3.25. The fourth-order valence-electron chi connectivity index (χ4n) is 2.08. The van der Waals surface area contributed by atoms with Crippen LogP contribution in [-0.2, 0) is 6.54 Å². The van der Waals surface area contributed by atoms with Gasteiger partial charge >= 0.3 is 0 Å². The van der Waals surface area contributed by atoms with Crippen LogP contribution in [0.3, 0.4) is 0 Å². The van der Waals surface area contributed by atoms with Crippen LogP contribution in [0.15, 0.2) is 12.3 Å². The summed E-state index contributed by atoms with van der Waals surface area (Å²) in [6, 6.07) is 2.02. The zero-order valence-corrected chi connectivity index (χ0v) is 11.9. The van der Waals surface area contributed by atoms with E-state index in [0.29, 0.717) is 11.3 Å². The van der Waals surface area contributed by atoms with Gasteiger partial charge in [0.2, 0.25) is 0 Å². The Morgan fingerprint density at radius 2 is 2.06 bits per heavy atom. The topological polar surface area (TPSA) is 40.7 Å². The molecule has 1 heterocycles. The molecule has 3 heteroatoms. The first-order valence-electron chi connectivity index (χ1n) is 6.58. The Balaban J connectivity index is 2.39. The molecular weight excluding hydrogens is 210 g/mol. The number of rotatable bonds is 6. The van der Waals surface area contributed by atoms with Gasteiger partial charge in [-0.15, -0.1) is 0 Å². The molecule has 0 spiro atoms. The molecule has 0 aliphatic rings. The van der Waals surface area contributed by atoms with Crippen LogP contribution < -0.4 is 5.32 Å². The fraction of sp³-hybridized carbons (Fsp3) is 0.786. The second kappa shape index (κ2) is 6.20. The van der Waals surface area contributed by atoms with E-state index in [9.17, 15) is 0 Å². The third kappa shape index (κ3) is 5.35. The lowest BCUT2D eigenvalue weighted by Crippen LogP contribution is -2.32. The zero-order chi connectivity index (χ0) is 12.9. The van der Waals surface area contributed by atoms with E-state index in [-0.39, 0.29) is 0 Å². The smallest absolute Gasteiger partial charge is 0.0490 e. The molecule has 0 bridgehead atoms. The van der Waals surface area contributed by atoms with E-state index in [1.54, 1.807) is 6.20 Å². The van der Waals surface area contributed by atoms with E-state index in [1.165, 1.54) is 6.42 Å². The molecule has 0 fully saturated rings. The summed E-state index contributed by atoms with van der Waals surface area (Å²) in [5.41, 5.74) is 1.52. The van der Waals surface area contributed by atoms with Gasteiger partial charge in [0.05, 0.1) is 0 Å². The molecule has 0 aromatic carbocycles. The minimum Gasteiger partial charge on any atom is -0.311 e. The summed E-state index contributed by atoms with van der Waals surface area (Å²) in [6.45, 7) is 13.5. The maximum atomic E-state index is 3.95. The van der Waals surface area contributed by atoms with E-state index < -0.39 is 0 Å². The zero-order valence-electron chi connectivity index (χ0n) is 11.9. The molecule has 1 aromatic rings. The van der Waals surface area contributed by atoms with Crippen LogP contribution in [0, 0.1) is 17.3 Å². The Morgan fingerprint density at radius 3 is 2.53 bits per heavy atom. The summed E-state index contributed by atoms with van der Waals surface area (Å²) in [5, 5.41) is 10.5. The Bertz CT molecular complexity index is 296. The van der Waals surface area contributed by atoms with Crippen molar-refractivity contribution in [3.05, 3.63) is 18.0 Å². The first kappa shape index (κ1) is 14.2. The lowest BCUT2D eigenvalue weighted by atomic mass is 9.76. The second-order valence-corrected chi connectivity index (χ2v) is 6.41. The summed E-state index contributed by atoms with van der Waals surface area (Å²) in [6.07, 6.45) is 3.08. The molecule has 0 radical (unpaired) electrons. The molecular formula is C14H27N3. The molecule has 0 saturated heterocycles. The number of hydrogen-bond acceptors (Lipinski definition) is 2. The number of aromatic amines is 1. The normalized spacial score (nSPS) is 14.2. The molecule has 0 aliphatic carbocycles. The van der Waals surface area contributed by atoms with Gasteiger partial charge in [-0.05, 0) is 36.3 Å². The number of H-pyrrole nitrogens is 1. The number of nitrogens with one attached hydrogen (secondary N) is 2. The summed E-state index contributed by atoms with van der Waals surface area (Å²) in [7, 11) is 0. The van der Waals surface area contributed by atoms with Crippen molar-refractivity contribution >= 4 is 0 Å². The molecule has 1 rings (SSSR count). The van der Waals surface area contributed by atoms with Gasteiger partial charge in [-0.1, -0.05) is 34.6 Å². The Kier molecular flexibility index (Phi) is 5.19. The van der Waals surface area contributed by atoms with Gasteiger partial charge in [-0.25, -0.2) is 0 Å². The maximum absolute atomic E-state index is 3.95. The van der Waals surface area contributed by atoms with Crippen LogP contribution in [0.5, 0.6) is 0 Å². The van der Waals surface area contributed by atoms with Crippen LogP contribution in [0.4, 0.5) is 0 Å². The van der Waals surface area contributed by atoms with E-state index in [1.807, 2.05) is 6.07 Å². The predicted molar refractivity (Wildman–Crippen MR) is 72.7 cm³/mol. The second-order valence-electron chi connectivity index (χ2n) is 6.41. The molecule has 0 saturated carbocycles. The number of nitrogens with zero attached hydrogens (tertiary/aromatic N) is 1. The van der Waals surface area contributed by atoms with Crippen molar-refractivity contribution in [1.29, 1.82) is 0 Å². The van der Waals surface area contributed by atoms with Crippen LogP contribution in [0.25, 0.3) is 0 Å². The fourth-order valence-corrected chi connectivity index (χ4v) is 2.08. The summed E-state index contributed by atoms with van der Waals surface area (Å²) in [5.74, 6) is 1.47. The van der Waals surface area contributed by atoms with Crippen molar-refractivity contribution in [3.8, 4) is 0 Å². The van der Waals surface area contributed by atoms with Crippen LogP contribution >= 0.6 is 0 Å². The average molecular weight is 237 g/mol. The maximum Gasteiger partial charge on any atom is 0.0490 e. The molecule has 0 aliphatic heterocycles. The molecule has 98 valence electrons. The SMILES string of the molecule is CC(C)CC(CNCc1ccn[nH]1)C(C)(C)C. The van der Waals surface area contributed by atoms with Crippen LogP contribution in [0.2, 0.25) is 0 Å². The van der Waals surface area contributed by atoms with E-state index >= 15 is 0 Å². The molecule has 1 aromatic heterocycles. The van der Waals surface area contributed by atoms with Crippen molar-refractivity contribution < 1.29 is 0 Å². The van der Waals surface area contributed by atoms with E-state index in [2.05, 4.69) is 50.1 Å². The minimum absolute atomic E-state index is 0.366. The molecule has 1 atom stereocenters. The van der Waals surface area contributed by atoms with Gasteiger partial charge in [0.1, 0.15) is 0 Å². The lowest BCUT2D eigenvalue weighted by molar-refractivity contribution is 0.197. The van der Waals surface area contributed by atoms with Crippen molar-refractivity contribution in [2.45, 2.75) is 47.6 Å². The van der Waals surface area contributed by atoms with Gasteiger partial charge in [-0.3, -0.25) is 5.10 Å². The summed E-state index contributed by atoms with van der Waals surface area (Å²) >= 11 is 0. The highest BCUT2D eigenvalue weighted by Crippen LogP contribution is 2.30. The molecule has 0 amide bonds. The molecule has 1 unspecified atom stereocenters.